The number of hydrogen-bond donors (Lipinski definition) is 1. The summed E-state index contributed by atoms with van der Waals surface area (Å²) in [7, 11) is 1.60. The van der Waals surface area contributed by atoms with Crippen molar-refractivity contribution in [2.24, 2.45) is 4.99 Å². The zero-order chi connectivity index (χ0) is 19.9. The standard InChI is InChI=1S/C23H19N3OS/c1-5-16(2)20-13-17(11-12-21(20)24-3)18-14-22(23(27-4)25-15-18)26-28-19-9-7-6-8-10-19/h1,6-15,26H,2-3H2,4H3. The molecule has 0 unspecified atom stereocenters. The summed E-state index contributed by atoms with van der Waals surface area (Å²) < 4.78 is 8.70. The van der Waals surface area contributed by atoms with Gasteiger partial charge in [0.2, 0.25) is 5.88 Å². The minimum absolute atomic E-state index is 0.518. The second-order valence-corrected chi connectivity index (χ2v) is 6.69. The molecule has 0 bridgehead atoms. The highest BCUT2D eigenvalue weighted by atomic mass is 32.2. The normalized spacial score (nSPS) is 10.0. The number of nitrogens with zero attached hydrogens (tertiary/aromatic N) is 2. The van der Waals surface area contributed by atoms with Crippen molar-refractivity contribution in [3.8, 4) is 29.4 Å². The van der Waals surface area contributed by atoms with Gasteiger partial charge in [0.1, 0.15) is 5.69 Å². The fourth-order valence-corrected chi connectivity index (χ4v) is 3.29. The second-order valence-electron chi connectivity index (χ2n) is 5.81. The van der Waals surface area contributed by atoms with Crippen LogP contribution in [-0.2, 0) is 0 Å². The number of hydrogen-bond acceptors (Lipinski definition) is 5. The predicted octanol–water partition coefficient (Wildman–Crippen LogP) is 5.85. The fourth-order valence-electron chi connectivity index (χ4n) is 2.62. The first kappa shape index (κ1) is 19.3. The van der Waals surface area contributed by atoms with E-state index in [1.54, 1.807) is 13.3 Å². The zero-order valence-electron chi connectivity index (χ0n) is 15.5. The van der Waals surface area contributed by atoms with Gasteiger partial charge in [-0.05, 0) is 54.6 Å². The van der Waals surface area contributed by atoms with Crippen LogP contribution in [0.15, 0.2) is 77.3 Å². The Kier molecular flexibility index (Phi) is 6.15. The highest BCUT2D eigenvalue weighted by Crippen LogP contribution is 2.34. The van der Waals surface area contributed by atoms with Gasteiger partial charge in [-0.2, -0.15) is 0 Å². The average molecular weight is 385 g/mol. The Morgan fingerprint density at radius 1 is 1.18 bits per heavy atom. The van der Waals surface area contributed by atoms with Gasteiger partial charge in [0.15, 0.2) is 0 Å². The molecule has 1 heterocycles. The van der Waals surface area contributed by atoms with Crippen LogP contribution in [0, 0.1) is 12.3 Å². The fraction of sp³-hybridized carbons (Fsp3) is 0.0435. The molecule has 138 valence electrons. The summed E-state index contributed by atoms with van der Waals surface area (Å²) in [6.45, 7) is 7.52. The quantitative estimate of drug-likeness (QED) is 0.315. The van der Waals surface area contributed by atoms with Crippen molar-refractivity contribution in [2.45, 2.75) is 4.90 Å². The molecule has 1 N–H and O–H groups in total. The Morgan fingerprint density at radius 2 is 1.96 bits per heavy atom. The molecule has 0 aliphatic heterocycles. The minimum Gasteiger partial charge on any atom is -0.480 e. The lowest BCUT2D eigenvalue weighted by Crippen LogP contribution is -1.96. The lowest BCUT2D eigenvalue weighted by Gasteiger charge is -2.13. The molecule has 28 heavy (non-hydrogen) atoms. The first-order valence-corrected chi connectivity index (χ1v) is 9.27. The van der Waals surface area contributed by atoms with Gasteiger partial charge in [0.25, 0.3) is 0 Å². The van der Waals surface area contributed by atoms with Gasteiger partial charge in [-0.15, -0.1) is 6.42 Å². The van der Waals surface area contributed by atoms with E-state index in [2.05, 4.69) is 33.9 Å². The topological polar surface area (TPSA) is 46.5 Å². The summed E-state index contributed by atoms with van der Waals surface area (Å²) in [5, 5.41) is 0. The number of anilines is 1. The van der Waals surface area contributed by atoms with Gasteiger partial charge in [-0.1, -0.05) is 36.8 Å². The molecule has 0 amide bonds. The molecular weight excluding hydrogens is 366 g/mol. The van der Waals surface area contributed by atoms with Gasteiger partial charge >= 0.3 is 0 Å². The van der Waals surface area contributed by atoms with Crippen LogP contribution in [0.3, 0.4) is 0 Å². The van der Waals surface area contributed by atoms with Gasteiger partial charge in [0.05, 0.1) is 12.8 Å². The van der Waals surface area contributed by atoms with Crippen molar-refractivity contribution in [3.63, 3.8) is 0 Å². The van der Waals surface area contributed by atoms with E-state index in [0.717, 1.165) is 27.3 Å². The molecular formula is C23H19N3OS. The third-order valence-electron chi connectivity index (χ3n) is 4.07. The van der Waals surface area contributed by atoms with Gasteiger partial charge in [-0.3, -0.25) is 4.99 Å². The maximum Gasteiger partial charge on any atom is 0.237 e. The lowest BCUT2D eigenvalue weighted by molar-refractivity contribution is 0.400. The van der Waals surface area contributed by atoms with E-state index < -0.39 is 0 Å². The van der Waals surface area contributed by atoms with Crippen molar-refractivity contribution in [1.82, 2.24) is 4.98 Å². The molecule has 0 atom stereocenters. The highest BCUT2D eigenvalue weighted by Gasteiger charge is 2.11. The van der Waals surface area contributed by atoms with Crippen LogP contribution in [0.2, 0.25) is 0 Å². The molecule has 3 rings (SSSR count). The van der Waals surface area contributed by atoms with E-state index in [1.807, 2.05) is 54.6 Å². The largest absolute Gasteiger partial charge is 0.480 e. The summed E-state index contributed by atoms with van der Waals surface area (Å²) in [6, 6.07) is 17.8. The number of nitrogens with one attached hydrogen (secondary N) is 1. The van der Waals surface area contributed by atoms with Crippen LogP contribution in [0.1, 0.15) is 5.56 Å². The van der Waals surface area contributed by atoms with Crippen molar-refractivity contribution >= 4 is 35.6 Å². The van der Waals surface area contributed by atoms with E-state index in [1.165, 1.54) is 11.9 Å². The van der Waals surface area contributed by atoms with Crippen LogP contribution < -0.4 is 9.46 Å². The smallest absolute Gasteiger partial charge is 0.237 e. The number of ether oxygens (including phenoxy) is 1. The number of methoxy groups -OCH3 is 1. The van der Waals surface area contributed by atoms with Crippen molar-refractivity contribution < 1.29 is 4.74 Å². The van der Waals surface area contributed by atoms with E-state index in [9.17, 15) is 0 Å². The summed E-state index contributed by atoms with van der Waals surface area (Å²) in [4.78, 5) is 9.54. The Morgan fingerprint density at radius 3 is 2.64 bits per heavy atom. The van der Waals surface area contributed by atoms with E-state index in [-0.39, 0.29) is 0 Å². The van der Waals surface area contributed by atoms with E-state index in [4.69, 9.17) is 11.2 Å². The summed E-state index contributed by atoms with van der Waals surface area (Å²) in [6.07, 6.45) is 7.28. The molecule has 2 aromatic carbocycles. The lowest BCUT2D eigenvalue weighted by atomic mass is 9.99. The number of aromatic nitrogens is 1. The third-order valence-corrected chi connectivity index (χ3v) is 4.90. The first-order chi connectivity index (χ1) is 13.7. The Hall–Kier alpha value is -3.49. The second kappa shape index (κ2) is 8.94. The van der Waals surface area contributed by atoms with Crippen LogP contribution in [0.5, 0.6) is 5.88 Å². The molecule has 0 aliphatic carbocycles. The van der Waals surface area contributed by atoms with Gasteiger partial charge in [-0.25, -0.2) is 4.98 Å². The molecule has 5 heteroatoms. The summed E-state index contributed by atoms with van der Waals surface area (Å²) in [5.74, 6) is 3.09. The van der Waals surface area contributed by atoms with Crippen LogP contribution >= 0.6 is 11.9 Å². The van der Waals surface area contributed by atoms with Gasteiger partial charge in [0, 0.05) is 27.8 Å². The van der Waals surface area contributed by atoms with Gasteiger partial charge < -0.3 is 9.46 Å². The number of allylic oxidation sites excluding steroid dienone is 1. The van der Waals surface area contributed by atoms with Crippen LogP contribution in [0.25, 0.3) is 16.7 Å². The Labute approximate surface area is 169 Å². The minimum atomic E-state index is 0.518. The molecule has 1 aromatic heterocycles. The molecule has 0 fully saturated rings. The molecule has 4 nitrogen and oxygen atoms in total. The third kappa shape index (κ3) is 4.25. The molecule has 0 saturated heterocycles. The van der Waals surface area contributed by atoms with Crippen molar-refractivity contribution in [2.75, 3.05) is 11.8 Å². The number of rotatable bonds is 7. The molecule has 0 radical (unpaired) electrons. The van der Waals surface area contributed by atoms with E-state index in [0.29, 0.717) is 17.1 Å². The number of aliphatic imine (C=N–C) groups is 1. The Balaban J connectivity index is 1.96. The monoisotopic (exact) mass is 385 g/mol. The molecule has 0 aliphatic rings. The molecule has 0 saturated carbocycles. The molecule has 0 spiro atoms. The van der Waals surface area contributed by atoms with Crippen molar-refractivity contribution in [3.05, 3.63) is 72.9 Å². The highest BCUT2D eigenvalue weighted by molar-refractivity contribution is 8.00. The maximum absolute atomic E-state index is 5.52. The van der Waals surface area contributed by atoms with E-state index >= 15 is 0 Å². The Bertz CT molecular complexity index is 1060. The van der Waals surface area contributed by atoms with Crippen molar-refractivity contribution in [1.29, 1.82) is 0 Å². The average Bonchev–Trinajstić information content (AvgIpc) is 2.77. The number of benzene rings is 2. The first-order valence-electron chi connectivity index (χ1n) is 8.45. The zero-order valence-corrected chi connectivity index (χ0v) is 16.3. The van der Waals surface area contributed by atoms with Crippen LogP contribution in [-0.4, -0.2) is 18.8 Å². The summed E-state index contributed by atoms with van der Waals surface area (Å²) in [5.41, 5.74) is 4.67. The molecule has 3 aromatic rings. The number of pyridine rings is 1. The maximum atomic E-state index is 5.52. The predicted molar refractivity (Wildman–Crippen MR) is 119 cm³/mol. The number of terminal acetylenes is 1. The SMILES string of the molecule is C#CC(=C)c1cc(-c2cnc(OC)c(NSc3ccccc3)c2)ccc1N=C. The summed E-state index contributed by atoms with van der Waals surface area (Å²) >= 11 is 1.49. The van der Waals surface area contributed by atoms with Crippen LogP contribution in [0.4, 0.5) is 11.4 Å².